The molecule has 0 fully saturated rings. The predicted molar refractivity (Wildman–Crippen MR) is 82.6 cm³/mol. The fraction of sp³-hybridized carbons (Fsp3) is 0.143. The Bertz CT molecular complexity index is 679. The first-order valence-electron chi connectivity index (χ1n) is 5.57. The third-order valence-corrected chi connectivity index (χ3v) is 6.12. The molecule has 0 radical (unpaired) electrons. The Morgan fingerprint density at radius 2 is 2.11 bits per heavy atom. The van der Waals surface area contributed by atoms with Crippen LogP contribution in [0.25, 0.3) is 10.1 Å². The number of hydrogen-bond acceptors (Lipinski definition) is 3. The summed E-state index contributed by atoms with van der Waals surface area (Å²) in [6.45, 7) is 2.04. The van der Waals surface area contributed by atoms with Gasteiger partial charge in [0.1, 0.15) is 6.10 Å². The summed E-state index contributed by atoms with van der Waals surface area (Å²) in [5, 5.41) is 13.8. The van der Waals surface area contributed by atoms with Gasteiger partial charge in [-0.05, 0) is 51.3 Å². The van der Waals surface area contributed by atoms with Crippen molar-refractivity contribution in [3.05, 3.63) is 55.5 Å². The molecule has 1 atom stereocenters. The summed E-state index contributed by atoms with van der Waals surface area (Å²) in [5.74, 6) is 0. The molecule has 1 aromatic carbocycles. The lowest BCUT2D eigenvalue weighted by atomic mass is 10.1. The Hall–Kier alpha value is -0.680. The van der Waals surface area contributed by atoms with E-state index in [2.05, 4.69) is 33.4 Å². The van der Waals surface area contributed by atoms with Crippen LogP contribution in [-0.4, -0.2) is 5.11 Å². The summed E-state index contributed by atoms with van der Waals surface area (Å²) in [4.78, 5) is 0.986. The average Bonchev–Trinajstić information content (AvgIpc) is 2.95. The lowest BCUT2D eigenvalue weighted by molar-refractivity contribution is 0.226. The van der Waals surface area contributed by atoms with Crippen LogP contribution in [0.15, 0.2) is 39.5 Å². The predicted octanol–water partition coefficient (Wildman–Crippen LogP) is 5.12. The Labute approximate surface area is 122 Å². The molecule has 0 amide bonds. The van der Waals surface area contributed by atoms with E-state index < -0.39 is 6.10 Å². The molecule has 0 spiro atoms. The second kappa shape index (κ2) is 4.78. The van der Waals surface area contributed by atoms with Crippen LogP contribution in [0.3, 0.4) is 0 Å². The summed E-state index contributed by atoms with van der Waals surface area (Å²) < 4.78 is 2.27. The quantitative estimate of drug-likeness (QED) is 0.687. The van der Waals surface area contributed by atoms with Gasteiger partial charge in [-0.1, -0.05) is 18.2 Å². The van der Waals surface area contributed by atoms with Gasteiger partial charge in [0.25, 0.3) is 0 Å². The van der Waals surface area contributed by atoms with Crippen LogP contribution >= 0.6 is 38.6 Å². The van der Waals surface area contributed by atoms with E-state index in [4.69, 9.17) is 0 Å². The van der Waals surface area contributed by atoms with Crippen molar-refractivity contribution in [3.8, 4) is 0 Å². The Kier molecular flexibility index (Phi) is 3.28. The van der Waals surface area contributed by atoms with Gasteiger partial charge >= 0.3 is 0 Å². The molecule has 2 aromatic heterocycles. The van der Waals surface area contributed by atoms with Gasteiger partial charge in [-0.15, -0.1) is 22.7 Å². The molecule has 18 heavy (non-hydrogen) atoms. The highest BCUT2D eigenvalue weighted by molar-refractivity contribution is 9.11. The molecule has 1 nitrogen and oxygen atoms in total. The maximum absolute atomic E-state index is 10.5. The van der Waals surface area contributed by atoms with Gasteiger partial charge in [0.2, 0.25) is 0 Å². The van der Waals surface area contributed by atoms with Crippen LogP contribution in [0.5, 0.6) is 0 Å². The number of aliphatic hydroxyl groups is 1. The number of hydrogen-bond donors (Lipinski definition) is 1. The van der Waals surface area contributed by atoms with Gasteiger partial charge in [-0.3, -0.25) is 0 Å². The van der Waals surface area contributed by atoms with E-state index in [1.165, 1.54) is 15.6 Å². The average molecular weight is 339 g/mol. The molecule has 0 bridgehead atoms. The van der Waals surface area contributed by atoms with Crippen molar-refractivity contribution in [2.24, 2.45) is 0 Å². The molecule has 0 aliphatic rings. The van der Waals surface area contributed by atoms with E-state index in [0.29, 0.717) is 0 Å². The number of aryl methyl sites for hydroxylation is 1. The van der Waals surface area contributed by atoms with Crippen LogP contribution in [-0.2, 0) is 0 Å². The first-order valence-corrected chi connectivity index (χ1v) is 8.06. The van der Waals surface area contributed by atoms with Crippen molar-refractivity contribution in [1.82, 2.24) is 0 Å². The van der Waals surface area contributed by atoms with Crippen LogP contribution in [0.2, 0.25) is 0 Å². The standard InChI is InChI=1S/C14H11BrOS2/c1-8-7-11(18-14(8)15)12(16)10-4-2-3-9-5-6-17-13(9)10/h2-7,12,16H,1H3. The number of rotatable bonds is 2. The van der Waals surface area contributed by atoms with E-state index in [0.717, 1.165) is 14.2 Å². The summed E-state index contributed by atoms with van der Waals surface area (Å²) in [5.41, 5.74) is 2.17. The molecule has 1 unspecified atom stereocenters. The molecule has 2 heterocycles. The minimum absolute atomic E-state index is 0.539. The van der Waals surface area contributed by atoms with Gasteiger partial charge in [0.15, 0.2) is 0 Å². The highest BCUT2D eigenvalue weighted by atomic mass is 79.9. The van der Waals surface area contributed by atoms with Gasteiger partial charge in [-0.2, -0.15) is 0 Å². The van der Waals surface area contributed by atoms with Gasteiger partial charge < -0.3 is 5.11 Å². The molecule has 92 valence electrons. The van der Waals surface area contributed by atoms with Crippen molar-refractivity contribution >= 4 is 48.7 Å². The van der Waals surface area contributed by atoms with Crippen LogP contribution in [0.1, 0.15) is 22.1 Å². The highest BCUT2D eigenvalue weighted by Gasteiger charge is 2.17. The summed E-state index contributed by atoms with van der Waals surface area (Å²) in [6, 6.07) is 10.2. The number of fused-ring (bicyclic) bond motifs is 1. The molecular formula is C14H11BrOS2. The molecule has 3 aromatic rings. The second-order valence-electron chi connectivity index (χ2n) is 4.19. The molecular weight excluding hydrogens is 328 g/mol. The lowest BCUT2D eigenvalue weighted by Gasteiger charge is -2.09. The SMILES string of the molecule is Cc1cc(C(O)c2cccc3ccsc23)sc1Br. The van der Waals surface area contributed by atoms with Crippen LogP contribution in [0.4, 0.5) is 0 Å². The summed E-state index contributed by atoms with van der Waals surface area (Å²) in [6.07, 6.45) is -0.539. The maximum Gasteiger partial charge on any atom is 0.115 e. The molecule has 0 aliphatic heterocycles. The molecule has 0 saturated heterocycles. The topological polar surface area (TPSA) is 20.2 Å². The first kappa shape index (κ1) is 12.4. The van der Waals surface area contributed by atoms with Gasteiger partial charge in [-0.25, -0.2) is 0 Å². The number of thiophene rings is 2. The lowest BCUT2D eigenvalue weighted by Crippen LogP contribution is -1.96. The van der Waals surface area contributed by atoms with Gasteiger partial charge in [0.05, 0.1) is 3.79 Å². The number of benzene rings is 1. The maximum atomic E-state index is 10.5. The van der Waals surface area contributed by atoms with Crippen molar-refractivity contribution in [3.63, 3.8) is 0 Å². The highest BCUT2D eigenvalue weighted by Crippen LogP contribution is 2.37. The largest absolute Gasteiger partial charge is 0.383 e. The Morgan fingerprint density at radius 1 is 1.28 bits per heavy atom. The molecule has 3 rings (SSSR count). The second-order valence-corrected chi connectivity index (χ2v) is 7.51. The van der Waals surface area contributed by atoms with Crippen molar-refractivity contribution < 1.29 is 5.11 Å². The zero-order valence-corrected chi connectivity index (χ0v) is 12.9. The van der Waals surface area contributed by atoms with E-state index in [1.54, 1.807) is 22.7 Å². The Balaban J connectivity index is 2.11. The normalized spacial score (nSPS) is 13.1. The van der Waals surface area contributed by atoms with Crippen LogP contribution < -0.4 is 0 Å². The van der Waals surface area contributed by atoms with E-state index in [1.807, 2.05) is 25.1 Å². The van der Waals surface area contributed by atoms with E-state index in [9.17, 15) is 5.11 Å². The van der Waals surface area contributed by atoms with E-state index in [-0.39, 0.29) is 0 Å². The number of aliphatic hydroxyl groups excluding tert-OH is 1. The summed E-state index contributed by atoms with van der Waals surface area (Å²) >= 11 is 6.79. The van der Waals surface area contributed by atoms with Crippen molar-refractivity contribution in [1.29, 1.82) is 0 Å². The van der Waals surface area contributed by atoms with Gasteiger partial charge in [0, 0.05) is 15.1 Å². The molecule has 0 saturated carbocycles. The molecule has 1 N–H and O–H groups in total. The summed E-state index contributed by atoms with van der Waals surface area (Å²) in [7, 11) is 0. The zero-order valence-electron chi connectivity index (χ0n) is 9.68. The Morgan fingerprint density at radius 3 is 2.83 bits per heavy atom. The third kappa shape index (κ3) is 2.03. The molecule has 4 heteroatoms. The van der Waals surface area contributed by atoms with Crippen LogP contribution in [0, 0.1) is 6.92 Å². The smallest absolute Gasteiger partial charge is 0.115 e. The van der Waals surface area contributed by atoms with E-state index >= 15 is 0 Å². The third-order valence-electron chi connectivity index (χ3n) is 2.95. The minimum atomic E-state index is -0.539. The minimum Gasteiger partial charge on any atom is -0.383 e. The molecule has 0 aliphatic carbocycles. The van der Waals surface area contributed by atoms with Crippen molar-refractivity contribution in [2.75, 3.05) is 0 Å². The number of halogens is 1. The first-order chi connectivity index (χ1) is 8.66. The van der Waals surface area contributed by atoms with Crippen molar-refractivity contribution in [2.45, 2.75) is 13.0 Å². The fourth-order valence-corrected chi connectivity index (χ4v) is 4.52. The fourth-order valence-electron chi connectivity index (χ4n) is 2.00. The zero-order chi connectivity index (χ0) is 12.7. The monoisotopic (exact) mass is 338 g/mol.